The number of carbonyl (C=O) groups is 2. The largest absolute Gasteiger partial charge is 0.508 e. The third kappa shape index (κ3) is 7.55. The van der Waals surface area contributed by atoms with Crippen LogP contribution in [-0.2, 0) is 37.5 Å². The van der Waals surface area contributed by atoms with Crippen molar-refractivity contribution in [2.45, 2.75) is 92.8 Å². The molecule has 198 valence electrons. The molecule has 1 unspecified atom stereocenters. The minimum Gasteiger partial charge on any atom is -0.508 e. The lowest BCUT2D eigenvalue weighted by molar-refractivity contribution is -0.168. The average molecular weight is 501 g/mol. The van der Waals surface area contributed by atoms with Gasteiger partial charge in [-0.2, -0.15) is 0 Å². The number of hydrogen-bond donors (Lipinski definition) is 1. The second-order valence-electron chi connectivity index (χ2n) is 11.3. The molecule has 0 radical (unpaired) electrons. The van der Waals surface area contributed by atoms with Crippen molar-refractivity contribution in [2.75, 3.05) is 0 Å². The Balaban J connectivity index is 0.000000254. The monoisotopic (exact) mass is 500 g/mol. The van der Waals surface area contributed by atoms with Crippen molar-refractivity contribution in [3.63, 3.8) is 0 Å². The van der Waals surface area contributed by atoms with Crippen LogP contribution in [0.2, 0.25) is 0 Å². The van der Waals surface area contributed by atoms with Crippen molar-refractivity contribution in [1.82, 2.24) is 0 Å². The standard InChI is InChI=1S/C15H21FO2.C15H20O3/c1-6-14(2,3)13(17)18-15(4,5)11-7-9-12(16)10-8-11;1-4-15(2,3)14(17)18-13-8-10-5-6-12(16)7-11(10)9-13/h7-10H,6H2,1-5H3;5-7,13,16H,4,8-9H2,1-3H3. The molecular formula is C30H41FO5. The lowest BCUT2D eigenvalue weighted by Crippen LogP contribution is -2.33. The highest BCUT2D eigenvalue weighted by Gasteiger charge is 2.34. The van der Waals surface area contributed by atoms with E-state index in [4.69, 9.17) is 9.47 Å². The summed E-state index contributed by atoms with van der Waals surface area (Å²) in [7, 11) is 0. The Kier molecular flexibility index (Phi) is 9.33. The van der Waals surface area contributed by atoms with Crippen LogP contribution in [0.3, 0.4) is 0 Å². The SMILES string of the molecule is CCC(C)(C)C(=O)OC(C)(C)c1ccc(F)cc1.CCC(C)(C)C(=O)OC1Cc2ccc(O)cc2C1. The number of phenolic OH excluding ortho intramolecular Hbond substituents is 1. The van der Waals surface area contributed by atoms with Crippen molar-refractivity contribution < 1.29 is 28.6 Å². The molecule has 0 saturated heterocycles. The first-order valence-electron chi connectivity index (χ1n) is 12.6. The fraction of sp³-hybridized carbons (Fsp3) is 0.533. The summed E-state index contributed by atoms with van der Waals surface area (Å²) in [4.78, 5) is 24.1. The van der Waals surface area contributed by atoms with E-state index in [0.29, 0.717) is 12.8 Å². The van der Waals surface area contributed by atoms with Crippen LogP contribution in [0.15, 0.2) is 42.5 Å². The molecular weight excluding hydrogens is 459 g/mol. The zero-order valence-corrected chi connectivity index (χ0v) is 22.9. The molecule has 0 aliphatic heterocycles. The Hall–Kier alpha value is -2.89. The number of carbonyl (C=O) groups excluding carboxylic acids is 2. The zero-order valence-electron chi connectivity index (χ0n) is 22.9. The topological polar surface area (TPSA) is 72.8 Å². The molecule has 6 heteroatoms. The molecule has 0 aromatic heterocycles. The Morgan fingerprint density at radius 2 is 1.39 bits per heavy atom. The molecule has 36 heavy (non-hydrogen) atoms. The van der Waals surface area contributed by atoms with Gasteiger partial charge in [0.05, 0.1) is 10.8 Å². The van der Waals surface area contributed by atoms with Crippen LogP contribution >= 0.6 is 0 Å². The maximum atomic E-state index is 12.9. The maximum absolute atomic E-state index is 12.9. The second-order valence-corrected chi connectivity index (χ2v) is 11.3. The zero-order chi connectivity index (χ0) is 27.3. The molecule has 5 nitrogen and oxygen atoms in total. The minimum atomic E-state index is -0.753. The molecule has 0 fully saturated rings. The summed E-state index contributed by atoms with van der Waals surface area (Å²) in [5, 5.41) is 9.42. The number of esters is 2. The molecule has 0 heterocycles. The van der Waals surface area contributed by atoms with Gasteiger partial charge in [0.2, 0.25) is 0 Å². The lowest BCUT2D eigenvalue weighted by atomic mass is 9.89. The average Bonchev–Trinajstić information content (AvgIpc) is 3.20. The summed E-state index contributed by atoms with van der Waals surface area (Å²) in [6.45, 7) is 15.1. The van der Waals surface area contributed by atoms with E-state index in [2.05, 4.69) is 0 Å². The van der Waals surface area contributed by atoms with Crippen LogP contribution in [0.5, 0.6) is 5.75 Å². The van der Waals surface area contributed by atoms with Gasteiger partial charge in [-0.1, -0.05) is 32.0 Å². The number of benzene rings is 2. The summed E-state index contributed by atoms with van der Waals surface area (Å²) in [6, 6.07) is 11.4. The van der Waals surface area contributed by atoms with E-state index in [-0.39, 0.29) is 29.6 Å². The quantitative estimate of drug-likeness (QED) is 0.420. The fourth-order valence-electron chi connectivity index (χ4n) is 3.53. The molecule has 1 N–H and O–H groups in total. The van der Waals surface area contributed by atoms with E-state index in [0.717, 1.165) is 24.0 Å². The normalized spacial score (nSPS) is 15.4. The van der Waals surface area contributed by atoms with Crippen LogP contribution in [0.25, 0.3) is 0 Å². The molecule has 0 spiro atoms. The van der Waals surface area contributed by atoms with E-state index in [9.17, 15) is 19.1 Å². The van der Waals surface area contributed by atoms with Gasteiger partial charge < -0.3 is 14.6 Å². The predicted molar refractivity (Wildman–Crippen MR) is 139 cm³/mol. The summed E-state index contributed by atoms with van der Waals surface area (Å²) in [6.07, 6.45) is 2.86. The third-order valence-corrected chi connectivity index (χ3v) is 7.12. The smallest absolute Gasteiger partial charge is 0.312 e. The summed E-state index contributed by atoms with van der Waals surface area (Å²) in [5.41, 5.74) is 1.36. The van der Waals surface area contributed by atoms with Gasteiger partial charge in [-0.25, -0.2) is 4.39 Å². The van der Waals surface area contributed by atoms with E-state index in [1.165, 1.54) is 17.7 Å². The van der Waals surface area contributed by atoms with Gasteiger partial charge in [0.15, 0.2) is 0 Å². The number of rotatable bonds is 7. The van der Waals surface area contributed by atoms with Crippen molar-refractivity contribution in [2.24, 2.45) is 10.8 Å². The van der Waals surface area contributed by atoms with Crippen molar-refractivity contribution in [3.8, 4) is 5.75 Å². The van der Waals surface area contributed by atoms with Gasteiger partial charge in [-0.05, 0) is 95.3 Å². The maximum Gasteiger partial charge on any atom is 0.312 e. The molecule has 1 aliphatic rings. The minimum absolute atomic E-state index is 0.0832. The van der Waals surface area contributed by atoms with Gasteiger partial charge in [-0.3, -0.25) is 9.59 Å². The number of ether oxygens (including phenoxy) is 2. The summed E-state index contributed by atoms with van der Waals surface area (Å²) < 4.78 is 24.0. The highest BCUT2D eigenvalue weighted by molar-refractivity contribution is 5.76. The Morgan fingerprint density at radius 1 is 0.861 bits per heavy atom. The third-order valence-electron chi connectivity index (χ3n) is 7.12. The van der Waals surface area contributed by atoms with Crippen molar-refractivity contribution >= 4 is 11.9 Å². The molecule has 3 rings (SSSR count). The first-order chi connectivity index (χ1) is 16.6. The highest BCUT2D eigenvalue weighted by atomic mass is 19.1. The first kappa shape index (κ1) is 29.3. The van der Waals surface area contributed by atoms with E-state index >= 15 is 0 Å². The van der Waals surface area contributed by atoms with Crippen LogP contribution in [0.4, 0.5) is 4.39 Å². The number of fused-ring (bicyclic) bond motifs is 1. The van der Waals surface area contributed by atoms with E-state index in [1.54, 1.807) is 24.3 Å². The van der Waals surface area contributed by atoms with Gasteiger partial charge in [0.1, 0.15) is 23.3 Å². The molecule has 1 aliphatic carbocycles. The Morgan fingerprint density at radius 3 is 1.94 bits per heavy atom. The Bertz CT molecular complexity index is 1050. The second kappa shape index (κ2) is 11.4. The van der Waals surface area contributed by atoms with Gasteiger partial charge in [-0.15, -0.1) is 0 Å². The summed E-state index contributed by atoms with van der Waals surface area (Å²) in [5.74, 6) is -0.393. The fourth-order valence-corrected chi connectivity index (χ4v) is 3.53. The van der Waals surface area contributed by atoms with E-state index < -0.39 is 16.4 Å². The molecule has 2 aromatic carbocycles. The number of halogens is 1. The Labute approximate surface area is 215 Å². The molecule has 0 saturated carbocycles. The molecule has 2 aromatic rings. The lowest BCUT2D eigenvalue weighted by Gasteiger charge is -2.30. The van der Waals surface area contributed by atoms with Crippen LogP contribution in [0, 0.1) is 16.6 Å². The van der Waals surface area contributed by atoms with Crippen LogP contribution < -0.4 is 0 Å². The van der Waals surface area contributed by atoms with Crippen LogP contribution in [-0.4, -0.2) is 23.1 Å². The van der Waals surface area contributed by atoms with E-state index in [1.807, 2.05) is 61.5 Å². The molecule has 1 atom stereocenters. The summed E-state index contributed by atoms with van der Waals surface area (Å²) >= 11 is 0. The highest BCUT2D eigenvalue weighted by Crippen LogP contribution is 2.31. The van der Waals surface area contributed by atoms with Gasteiger partial charge in [0, 0.05) is 12.8 Å². The number of hydrogen-bond acceptors (Lipinski definition) is 5. The molecule has 0 bridgehead atoms. The van der Waals surface area contributed by atoms with Crippen molar-refractivity contribution in [3.05, 3.63) is 65.0 Å². The van der Waals surface area contributed by atoms with Gasteiger partial charge >= 0.3 is 11.9 Å². The predicted octanol–water partition coefficient (Wildman–Crippen LogP) is 6.88. The molecule has 0 amide bonds. The van der Waals surface area contributed by atoms with Gasteiger partial charge in [0.25, 0.3) is 0 Å². The number of aromatic hydroxyl groups is 1. The van der Waals surface area contributed by atoms with Crippen molar-refractivity contribution in [1.29, 1.82) is 0 Å². The first-order valence-corrected chi connectivity index (χ1v) is 12.6. The van der Waals surface area contributed by atoms with Crippen LogP contribution in [0.1, 0.15) is 84.9 Å². The number of phenols is 1.